The third kappa shape index (κ3) is 4.70. The third-order valence-corrected chi connectivity index (χ3v) is 8.20. The molecule has 0 N–H and O–H groups in total. The van der Waals surface area contributed by atoms with Gasteiger partial charge in [-0.3, -0.25) is 9.69 Å². The molecule has 2 unspecified atom stereocenters. The number of rotatable bonds is 4. The average Bonchev–Trinajstić information content (AvgIpc) is 2.96. The first kappa shape index (κ1) is 19.0. The summed E-state index contributed by atoms with van der Waals surface area (Å²) in [6.07, 6.45) is 0.717. The second-order valence-corrected chi connectivity index (χ2v) is 10.6. The molecule has 2 aliphatic rings. The summed E-state index contributed by atoms with van der Waals surface area (Å²) in [6, 6.07) is 7.67. The Kier molecular flexibility index (Phi) is 5.98. The van der Waals surface area contributed by atoms with E-state index in [-0.39, 0.29) is 23.0 Å². The van der Waals surface area contributed by atoms with Crippen molar-refractivity contribution in [2.45, 2.75) is 29.5 Å². The van der Waals surface area contributed by atoms with Crippen molar-refractivity contribution in [1.29, 1.82) is 0 Å². The minimum Gasteiger partial charge on any atom is -0.339 e. The molecule has 0 aliphatic carbocycles. The molecule has 2 fully saturated rings. The van der Waals surface area contributed by atoms with Crippen LogP contribution in [0.5, 0.6) is 0 Å². The largest absolute Gasteiger partial charge is 0.339 e. The Morgan fingerprint density at radius 3 is 2.52 bits per heavy atom. The van der Waals surface area contributed by atoms with Crippen LogP contribution in [0.2, 0.25) is 5.02 Å². The summed E-state index contributed by atoms with van der Waals surface area (Å²) >= 11 is 7.65. The van der Waals surface area contributed by atoms with Gasteiger partial charge in [-0.15, -0.1) is 11.8 Å². The minimum absolute atomic E-state index is 0.114. The smallest absolute Gasteiger partial charge is 0.235 e. The molecule has 1 amide bonds. The molecule has 2 aliphatic heterocycles. The molecule has 8 heteroatoms. The van der Waals surface area contributed by atoms with E-state index in [0.717, 1.165) is 24.4 Å². The first-order valence-corrected chi connectivity index (χ1v) is 11.6. The van der Waals surface area contributed by atoms with Crippen LogP contribution in [-0.2, 0) is 14.6 Å². The van der Waals surface area contributed by atoms with Gasteiger partial charge in [0.25, 0.3) is 0 Å². The highest BCUT2D eigenvalue weighted by molar-refractivity contribution is 8.00. The van der Waals surface area contributed by atoms with Crippen molar-refractivity contribution in [3.63, 3.8) is 0 Å². The van der Waals surface area contributed by atoms with E-state index in [1.807, 2.05) is 36.1 Å². The van der Waals surface area contributed by atoms with Gasteiger partial charge in [0.05, 0.1) is 21.8 Å². The molecule has 0 spiro atoms. The molecular weight excluding hydrogens is 380 g/mol. The van der Waals surface area contributed by atoms with Gasteiger partial charge in [-0.05, 0) is 25.5 Å². The average molecular weight is 403 g/mol. The van der Waals surface area contributed by atoms with Gasteiger partial charge in [-0.2, -0.15) is 0 Å². The second-order valence-electron chi connectivity index (χ2n) is 6.61. The maximum absolute atomic E-state index is 12.7. The van der Waals surface area contributed by atoms with Crippen molar-refractivity contribution in [1.82, 2.24) is 9.80 Å². The first-order chi connectivity index (χ1) is 11.9. The second kappa shape index (κ2) is 7.86. The lowest BCUT2D eigenvalue weighted by molar-refractivity contribution is -0.132. The molecule has 0 bridgehead atoms. The summed E-state index contributed by atoms with van der Waals surface area (Å²) in [4.78, 5) is 17.7. The fraction of sp³-hybridized carbons (Fsp3) is 0.588. The lowest BCUT2D eigenvalue weighted by Gasteiger charge is -2.38. The van der Waals surface area contributed by atoms with E-state index in [0.29, 0.717) is 23.9 Å². The molecule has 2 heterocycles. The van der Waals surface area contributed by atoms with Crippen LogP contribution in [0.3, 0.4) is 0 Å². The van der Waals surface area contributed by atoms with Crippen LogP contribution < -0.4 is 0 Å². The molecular formula is C17H23ClN2O3S2. The maximum Gasteiger partial charge on any atom is 0.235 e. The molecule has 1 aromatic carbocycles. The Morgan fingerprint density at radius 1 is 1.24 bits per heavy atom. The van der Waals surface area contributed by atoms with Crippen molar-refractivity contribution >= 4 is 39.1 Å². The van der Waals surface area contributed by atoms with Crippen molar-refractivity contribution in [2.24, 2.45) is 0 Å². The molecule has 2 saturated heterocycles. The fourth-order valence-electron chi connectivity index (χ4n) is 3.41. The fourth-order valence-corrected chi connectivity index (χ4v) is 6.41. The molecule has 2 atom stereocenters. The SMILES string of the molecule is CC(Sc1ccccc1Cl)C(=O)N1CCN(C2CCS(=O)(=O)C2)CC1. The normalized spacial score (nSPS) is 25.0. The topological polar surface area (TPSA) is 57.7 Å². The summed E-state index contributed by atoms with van der Waals surface area (Å²) in [5, 5.41) is 0.470. The first-order valence-electron chi connectivity index (χ1n) is 8.50. The van der Waals surface area contributed by atoms with Crippen LogP contribution in [-0.4, -0.2) is 73.1 Å². The van der Waals surface area contributed by atoms with E-state index in [2.05, 4.69) is 4.90 Å². The number of carbonyl (C=O) groups excluding carboxylic acids is 1. The number of piperazine rings is 1. The van der Waals surface area contributed by atoms with Crippen LogP contribution >= 0.6 is 23.4 Å². The summed E-state index contributed by atoms with van der Waals surface area (Å²) in [5.41, 5.74) is 0. The molecule has 0 aromatic heterocycles. The van der Waals surface area contributed by atoms with Gasteiger partial charge >= 0.3 is 0 Å². The number of benzene rings is 1. The Balaban J connectivity index is 1.52. The number of thioether (sulfide) groups is 1. The van der Waals surface area contributed by atoms with Gasteiger partial charge < -0.3 is 4.90 Å². The number of amides is 1. The molecule has 138 valence electrons. The molecule has 5 nitrogen and oxygen atoms in total. The summed E-state index contributed by atoms with van der Waals surface area (Å²) < 4.78 is 23.3. The number of nitrogens with zero attached hydrogens (tertiary/aromatic N) is 2. The highest BCUT2D eigenvalue weighted by Gasteiger charge is 2.35. The Hall–Kier alpha value is -0.760. The van der Waals surface area contributed by atoms with Crippen molar-refractivity contribution in [3.05, 3.63) is 29.3 Å². The van der Waals surface area contributed by atoms with E-state index < -0.39 is 9.84 Å². The maximum atomic E-state index is 12.7. The quantitative estimate of drug-likeness (QED) is 0.722. The lowest BCUT2D eigenvalue weighted by Crippen LogP contribution is -2.53. The third-order valence-electron chi connectivity index (χ3n) is 4.84. The van der Waals surface area contributed by atoms with Crippen LogP contribution in [0, 0.1) is 0 Å². The standard InChI is InChI=1S/C17H23ClN2O3S2/c1-13(24-16-5-3-2-4-15(16)18)17(21)20-9-7-19(8-10-20)14-6-11-25(22,23)12-14/h2-5,13-14H,6-12H2,1H3. The Morgan fingerprint density at radius 2 is 1.92 bits per heavy atom. The number of hydrogen-bond donors (Lipinski definition) is 0. The van der Waals surface area contributed by atoms with Crippen molar-refractivity contribution in [3.8, 4) is 0 Å². The van der Waals surface area contributed by atoms with E-state index in [4.69, 9.17) is 11.6 Å². The number of hydrogen-bond acceptors (Lipinski definition) is 5. The van der Waals surface area contributed by atoms with Crippen molar-refractivity contribution in [2.75, 3.05) is 37.7 Å². The minimum atomic E-state index is -2.86. The van der Waals surface area contributed by atoms with E-state index in [1.165, 1.54) is 11.8 Å². The number of halogens is 1. The van der Waals surface area contributed by atoms with Crippen molar-refractivity contribution < 1.29 is 13.2 Å². The van der Waals surface area contributed by atoms with Crippen LogP contribution in [0.1, 0.15) is 13.3 Å². The number of sulfone groups is 1. The van der Waals surface area contributed by atoms with Gasteiger partial charge in [0.15, 0.2) is 9.84 Å². The van der Waals surface area contributed by atoms with Crippen LogP contribution in [0.4, 0.5) is 0 Å². The molecule has 0 saturated carbocycles. The predicted octanol–water partition coefficient (Wildman–Crippen LogP) is 2.15. The molecule has 0 radical (unpaired) electrons. The summed E-state index contributed by atoms with van der Waals surface area (Å²) in [7, 11) is -2.86. The van der Waals surface area contributed by atoms with Gasteiger partial charge in [-0.1, -0.05) is 23.7 Å². The summed E-state index contributed by atoms with van der Waals surface area (Å²) in [6.45, 7) is 4.71. The molecule has 25 heavy (non-hydrogen) atoms. The summed E-state index contributed by atoms with van der Waals surface area (Å²) in [5.74, 6) is 0.672. The number of carbonyl (C=O) groups is 1. The lowest BCUT2D eigenvalue weighted by atomic mass is 10.2. The predicted molar refractivity (Wildman–Crippen MR) is 102 cm³/mol. The van der Waals surface area contributed by atoms with Gasteiger partial charge in [0, 0.05) is 37.1 Å². The van der Waals surface area contributed by atoms with E-state index >= 15 is 0 Å². The Bertz CT molecular complexity index is 733. The highest BCUT2D eigenvalue weighted by Crippen LogP contribution is 2.31. The van der Waals surface area contributed by atoms with Gasteiger partial charge in [0.1, 0.15) is 0 Å². The van der Waals surface area contributed by atoms with Gasteiger partial charge in [0.2, 0.25) is 5.91 Å². The Labute approximate surface area is 158 Å². The zero-order valence-corrected chi connectivity index (χ0v) is 16.6. The van der Waals surface area contributed by atoms with E-state index in [9.17, 15) is 13.2 Å². The highest BCUT2D eigenvalue weighted by atomic mass is 35.5. The zero-order valence-electron chi connectivity index (χ0n) is 14.2. The van der Waals surface area contributed by atoms with Gasteiger partial charge in [-0.25, -0.2) is 8.42 Å². The van der Waals surface area contributed by atoms with Crippen LogP contribution in [0.15, 0.2) is 29.2 Å². The molecule has 1 aromatic rings. The van der Waals surface area contributed by atoms with Crippen LogP contribution in [0.25, 0.3) is 0 Å². The van der Waals surface area contributed by atoms with E-state index in [1.54, 1.807) is 0 Å². The monoisotopic (exact) mass is 402 g/mol. The molecule has 3 rings (SSSR count). The zero-order chi connectivity index (χ0) is 18.0.